The topological polar surface area (TPSA) is 34.2 Å². The highest BCUT2D eigenvalue weighted by Gasteiger charge is 2.00. The molecule has 3 nitrogen and oxygen atoms in total. The molecule has 0 spiro atoms. The van der Waals surface area contributed by atoms with Crippen LogP contribution < -0.4 is 10.1 Å². The van der Waals surface area contributed by atoms with Crippen molar-refractivity contribution in [3.63, 3.8) is 0 Å². The van der Waals surface area contributed by atoms with Crippen molar-refractivity contribution in [3.8, 4) is 11.6 Å². The molecule has 17 heavy (non-hydrogen) atoms. The van der Waals surface area contributed by atoms with E-state index in [1.54, 1.807) is 6.20 Å². The largest absolute Gasteiger partial charge is 0.439 e. The van der Waals surface area contributed by atoms with E-state index in [9.17, 15) is 0 Å². The van der Waals surface area contributed by atoms with Gasteiger partial charge in [-0.1, -0.05) is 15.9 Å². The third kappa shape index (κ3) is 3.54. The van der Waals surface area contributed by atoms with Gasteiger partial charge in [0.2, 0.25) is 5.88 Å². The minimum atomic E-state index is 0.611. The molecule has 0 amide bonds. The molecule has 2 aromatic rings. The van der Waals surface area contributed by atoms with Gasteiger partial charge in [-0.05, 0) is 42.9 Å². The molecule has 4 heteroatoms. The first kappa shape index (κ1) is 12.1. The van der Waals surface area contributed by atoms with Crippen LogP contribution in [-0.2, 0) is 6.54 Å². The highest BCUT2D eigenvalue weighted by atomic mass is 79.9. The Morgan fingerprint density at radius 3 is 2.71 bits per heavy atom. The van der Waals surface area contributed by atoms with Crippen molar-refractivity contribution in [2.24, 2.45) is 0 Å². The van der Waals surface area contributed by atoms with Gasteiger partial charge in [-0.3, -0.25) is 0 Å². The summed E-state index contributed by atoms with van der Waals surface area (Å²) in [6, 6.07) is 11.6. The normalized spacial score (nSPS) is 10.2. The molecule has 0 aliphatic rings. The molecule has 1 aromatic heterocycles. The van der Waals surface area contributed by atoms with Crippen molar-refractivity contribution < 1.29 is 4.74 Å². The van der Waals surface area contributed by atoms with E-state index in [4.69, 9.17) is 4.74 Å². The number of nitrogens with one attached hydrogen (secondary N) is 1. The maximum Gasteiger partial charge on any atom is 0.219 e. The fourth-order valence-corrected chi connectivity index (χ4v) is 1.71. The lowest BCUT2D eigenvalue weighted by atomic mass is 10.2. The van der Waals surface area contributed by atoms with Crippen molar-refractivity contribution in [2.45, 2.75) is 6.54 Å². The second-order valence-electron chi connectivity index (χ2n) is 3.59. The van der Waals surface area contributed by atoms with Crippen LogP contribution in [0.1, 0.15) is 5.56 Å². The zero-order valence-electron chi connectivity index (χ0n) is 9.48. The Morgan fingerprint density at radius 2 is 2.00 bits per heavy atom. The van der Waals surface area contributed by atoms with Gasteiger partial charge in [-0.25, -0.2) is 4.98 Å². The van der Waals surface area contributed by atoms with Crippen molar-refractivity contribution >= 4 is 15.9 Å². The summed E-state index contributed by atoms with van der Waals surface area (Å²) >= 11 is 3.38. The maximum atomic E-state index is 5.66. The molecular formula is C13H13BrN2O. The molecule has 0 saturated heterocycles. The quantitative estimate of drug-likeness (QED) is 0.938. The van der Waals surface area contributed by atoms with E-state index in [-0.39, 0.29) is 0 Å². The lowest BCUT2D eigenvalue weighted by Crippen LogP contribution is -2.05. The van der Waals surface area contributed by atoms with E-state index in [0.29, 0.717) is 5.88 Å². The number of hydrogen-bond acceptors (Lipinski definition) is 3. The monoisotopic (exact) mass is 292 g/mol. The van der Waals surface area contributed by atoms with Crippen LogP contribution in [0.15, 0.2) is 47.1 Å². The predicted molar refractivity (Wildman–Crippen MR) is 71.2 cm³/mol. The summed E-state index contributed by atoms with van der Waals surface area (Å²) < 4.78 is 6.69. The van der Waals surface area contributed by atoms with Crippen LogP contribution in [0, 0.1) is 0 Å². The van der Waals surface area contributed by atoms with Gasteiger partial charge in [-0.15, -0.1) is 0 Å². The zero-order chi connectivity index (χ0) is 12.1. The van der Waals surface area contributed by atoms with Crippen LogP contribution in [0.2, 0.25) is 0 Å². The number of rotatable bonds is 4. The van der Waals surface area contributed by atoms with Crippen molar-refractivity contribution in [2.75, 3.05) is 7.05 Å². The number of halogens is 1. The molecule has 1 heterocycles. The third-order valence-electron chi connectivity index (χ3n) is 2.22. The number of pyridine rings is 1. The van der Waals surface area contributed by atoms with E-state index in [1.165, 1.54) is 0 Å². The minimum absolute atomic E-state index is 0.611. The van der Waals surface area contributed by atoms with E-state index >= 15 is 0 Å². The van der Waals surface area contributed by atoms with Gasteiger partial charge in [-0.2, -0.15) is 0 Å². The molecule has 0 bridgehead atoms. The zero-order valence-corrected chi connectivity index (χ0v) is 11.1. The van der Waals surface area contributed by atoms with Gasteiger partial charge in [0.1, 0.15) is 5.75 Å². The van der Waals surface area contributed by atoms with Crippen molar-refractivity contribution in [3.05, 3.63) is 52.6 Å². The number of nitrogens with zero attached hydrogens (tertiary/aromatic N) is 1. The van der Waals surface area contributed by atoms with Crippen molar-refractivity contribution in [1.82, 2.24) is 10.3 Å². The summed E-state index contributed by atoms with van der Waals surface area (Å²) in [6.07, 6.45) is 1.75. The fraction of sp³-hybridized carbons (Fsp3) is 0.154. The summed E-state index contributed by atoms with van der Waals surface area (Å²) in [7, 11) is 1.91. The molecule has 0 fully saturated rings. The lowest BCUT2D eigenvalue weighted by molar-refractivity contribution is 0.462. The molecule has 0 atom stereocenters. The Kier molecular flexibility index (Phi) is 4.12. The van der Waals surface area contributed by atoms with Crippen LogP contribution in [0.5, 0.6) is 11.6 Å². The second-order valence-corrected chi connectivity index (χ2v) is 4.50. The van der Waals surface area contributed by atoms with Gasteiger partial charge >= 0.3 is 0 Å². The van der Waals surface area contributed by atoms with Crippen LogP contribution in [0.4, 0.5) is 0 Å². The number of hydrogen-bond donors (Lipinski definition) is 1. The highest BCUT2D eigenvalue weighted by Crippen LogP contribution is 2.22. The summed E-state index contributed by atoms with van der Waals surface area (Å²) in [5.41, 5.74) is 1.15. The Hall–Kier alpha value is -1.39. The third-order valence-corrected chi connectivity index (χ3v) is 2.74. The van der Waals surface area contributed by atoms with E-state index in [1.807, 2.05) is 43.4 Å². The number of aromatic nitrogens is 1. The number of ether oxygens (including phenoxy) is 1. The molecule has 1 aromatic carbocycles. The summed E-state index contributed by atoms with van der Waals surface area (Å²) in [5, 5.41) is 3.09. The van der Waals surface area contributed by atoms with Gasteiger partial charge in [0.05, 0.1) is 0 Å². The second kappa shape index (κ2) is 5.80. The smallest absolute Gasteiger partial charge is 0.219 e. The van der Waals surface area contributed by atoms with Crippen LogP contribution >= 0.6 is 15.9 Å². The summed E-state index contributed by atoms with van der Waals surface area (Å²) in [5.74, 6) is 1.39. The molecule has 0 aliphatic heterocycles. The first-order valence-electron chi connectivity index (χ1n) is 5.31. The minimum Gasteiger partial charge on any atom is -0.439 e. The summed E-state index contributed by atoms with van der Waals surface area (Å²) in [6.45, 7) is 0.805. The molecule has 0 radical (unpaired) electrons. The average molecular weight is 293 g/mol. The Bertz CT molecular complexity index is 485. The van der Waals surface area contributed by atoms with Gasteiger partial charge in [0.15, 0.2) is 0 Å². The van der Waals surface area contributed by atoms with E-state index in [2.05, 4.69) is 26.2 Å². The molecular weight excluding hydrogens is 280 g/mol. The molecule has 2 rings (SSSR count). The van der Waals surface area contributed by atoms with Crippen molar-refractivity contribution in [1.29, 1.82) is 0 Å². The highest BCUT2D eigenvalue weighted by molar-refractivity contribution is 9.10. The Labute approximate surface area is 109 Å². The summed E-state index contributed by atoms with van der Waals surface area (Å²) in [4.78, 5) is 4.18. The maximum absolute atomic E-state index is 5.66. The lowest BCUT2D eigenvalue weighted by Gasteiger charge is -2.06. The van der Waals surface area contributed by atoms with Gasteiger partial charge < -0.3 is 10.1 Å². The number of benzene rings is 1. The Morgan fingerprint density at radius 1 is 1.24 bits per heavy atom. The predicted octanol–water partition coefficient (Wildman–Crippen LogP) is 3.36. The van der Waals surface area contributed by atoms with Crippen LogP contribution in [0.25, 0.3) is 0 Å². The fourth-order valence-electron chi connectivity index (χ4n) is 1.44. The molecule has 1 N–H and O–H groups in total. The van der Waals surface area contributed by atoms with Crippen LogP contribution in [-0.4, -0.2) is 12.0 Å². The molecule has 88 valence electrons. The first-order chi connectivity index (χ1) is 8.28. The Balaban J connectivity index is 2.12. The average Bonchev–Trinajstić information content (AvgIpc) is 2.33. The molecule has 0 unspecified atom stereocenters. The SMILES string of the molecule is CNCc1ccnc(Oc2ccc(Br)cc2)c1. The van der Waals surface area contributed by atoms with Gasteiger partial charge in [0.25, 0.3) is 0 Å². The van der Waals surface area contributed by atoms with Crippen LogP contribution in [0.3, 0.4) is 0 Å². The van der Waals surface area contributed by atoms with Gasteiger partial charge in [0, 0.05) is 23.3 Å². The molecule has 0 aliphatic carbocycles. The van der Waals surface area contributed by atoms with E-state index in [0.717, 1.165) is 22.3 Å². The molecule has 0 saturated carbocycles. The van der Waals surface area contributed by atoms with E-state index < -0.39 is 0 Å². The first-order valence-corrected chi connectivity index (χ1v) is 6.10. The standard InChI is InChI=1S/C13H13BrN2O/c1-15-9-10-6-7-16-13(8-10)17-12-4-2-11(14)3-5-12/h2-8,15H,9H2,1H3.